The van der Waals surface area contributed by atoms with Crippen molar-refractivity contribution in [3.63, 3.8) is 0 Å². The number of aryl methyl sites for hydroxylation is 1. The molecule has 5 N–H and O–H groups in total. The molecule has 3 aromatic rings. The molecule has 4 amide bonds. The Hall–Kier alpha value is -4.06. The Morgan fingerprint density at radius 1 is 1.29 bits per heavy atom. The van der Waals surface area contributed by atoms with Gasteiger partial charge >= 0.3 is 12.1 Å². The van der Waals surface area contributed by atoms with Gasteiger partial charge in [-0.2, -0.15) is 0 Å². The van der Waals surface area contributed by atoms with Crippen LogP contribution < -0.4 is 26.6 Å². The van der Waals surface area contributed by atoms with Crippen LogP contribution in [0.2, 0.25) is 0 Å². The van der Waals surface area contributed by atoms with Crippen molar-refractivity contribution in [3.8, 4) is 0 Å². The molecule has 0 saturated heterocycles. The van der Waals surface area contributed by atoms with E-state index in [9.17, 15) is 14.0 Å². The zero-order valence-corrected chi connectivity index (χ0v) is 19.2. The molecule has 0 bridgehead atoms. The second kappa shape index (κ2) is 8.71. The van der Waals surface area contributed by atoms with Crippen LogP contribution in [0.5, 0.6) is 0 Å². The minimum atomic E-state index is -0.721. The minimum Gasteiger partial charge on any atom is -0.338 e. The Labute approximate surface area is 194 Å². The molecular weight excluding hydrogens is 443 g/mol. The summed E-state index contributed by atoms with van der Waals surface area (Å²) in [6.07, 6.45) is 1.59. The highest BCUT2D eigenvalue weighted by atomic mass is 19.1. The highest BCUT2D eigenvalue weighted by Gasteiger charge is 2.28. The number of carbonyl (C=O) groups excluding carboxylic acids is 2. The van der Waals surface area contributed by atoms with Gasteiger partial charge < -0.3 is 15.6 Å². The fourth-order valence-corrected chi connectivity index (χ4v) is 3.37. The molecular formula is C22H25FN8O3. The molecule has 1 aliphatic rings. The van der Waals surface area contributed by atoms with Gasteiger partial charge in [-0.25, -0.2) is 23.9 Å². The van der Waals surface area contributed by atoms with Crippen LogP contribution >= 0.6 is 0 Å². The number of benzene rings is 1. The third-order valence-electron chi connectivity index (χ3n) is 5.24. The maximum absolute atomic E-state index is 14.6. The van der Waals surface area contributed by atoms with Gasteiger partial charge in [0.05, 0.1) is 30.2 Å². The molecule has 178 valence electrons. The van der Waals surface area contributed by atoms with E-state index in [-0.39, 0.29) is 30.1 Å². The third-order valence-corrected chi connectivity index (χ3v) is 5.24. The third kappa shape index (κ3) is 4.66. The Kier molecular flexibility index (Phi) is 5.92. The van der Waals surface area contributed by atoms with Gasteiger partial charge in [-0.05, 0) is 24.6 Å². The number of aromatic nitrogens is 3. The van der Waals surface area contributed by atoms with Crippen LogP contribution in [0, 0.1) is 12.7 Å². The van der Waals surface area contributed by atoms with Crippen molar-refractivity contribution in [3.05, 3.63) is 52.9 Å². The molecule has 12 heteroatoms. The Morgan fingerprint density at radius 2 is 2.06 bits per heavy atom. The molecule has 11 nitrogen and oxygen atoms in total. The average molecular weight is 468 g/mol. The molecule has 0 fully saturated rings. The summed E-state index contributed by atoms with van der Waals surface area (Å²) in [5.74, 6) is 0.261. The number of nitrogens with one attached hydrogen (secondary N) is 3. The molecule has 2 aromatic heterocycles. The zero-order valence-electron chi connectivity index (χ0n) is 19.2. The summed E-state index contributed by atoms with van der Waals surface area (Å²) in [5.41, 5.74) is 7.44. The molecule has 4 rings (SSSR count). The predicted octanol–water partition coefficient (Wildman–Crippen LogP) is 3.86. The number of fused-ring (bicyclic) bond motifs is 1. The first kappa shape index (κ1) is 23.1. The van der Waals surface area contributed by atoms with Crippen molar-refractivity contribution in [1.82, 2.24) is 15.1 Å². The Balaban J connectivity index is 1.54. The number of urea groups is 2. The van der Waals surface area contributed by atoms with Crippen LogP contribution in [0.25, 0.3) is 0 Å². The van der Waals surface area contributed by atoms with Gasteiger partial charge in [0.15, 0.2) is 0 Å². The number of anilines is 4. The number of amides is 4. The first-order chi connectivity index (χ1) is 16.0. The second-order valence-electron chi connectivity index (χ2n) is 8.90. The van der Waals surface area contributed by atoms with Crippen molar-refractivity contribution < 1.29 is 18.5 Å². The van der Waals surface area contributed by atoms with E-state index in [1.54, 1.807) is 19.2 Å². The van der Waals surface area contributed by atoms with Gasteiger partial charge in [-0.3, -0.25) is 15.5 Å². The normalized spacial score (nSPS) is 13.4. The lowest BCUT2D eigenvalue weighted by atomic mass is 9.92. The average Bonchev–Trinajstić information content (AvgIpc) is 3.24. The van der Waals surface area contributed by atoms with Crippen molar-refractivity contribution >= 4 is 35.1 Å². The first-order valence-electron chi connectivity index (χ1n) is 10.5. The Morgan fingerprint density at radius 3 is 2.74 bits per heavy atom. The highest BCUT2D eigenvalue weighted by Crippen LogP contribution is 2.32. The largest absolute Gasteiger partial charge is 0.338 e. The van der Waals surface area contributed by atoms with Gasteiger partial charge in [0, 0.05) is 23.2 Å². The van der Waals surface area contributed by atoms with Gasteiger partial charge in [-0.15, -0.1) is 0 Å². The van der Waals surface area contributed by atoms with Gasteiger partial charge in [0.1, 0.15) is 17.5 Å². The summed E-state index contributed by atoms with van der Waals surface area (Å²) in [5, 5.41) is 11.6. The van der Waals surface area contributed by atoms with E-state index in [4.69, 9.17) is 10.3 Å². The SMILES string of the molecule is Cc1cc(F)c(NC(=O)Nc2cc(C(C)(C)C)no2)cc1N1Cc2cnc(CN)nc2NC1=O. The summed E-state index contributed by atoms with van der Waals surface area (Å²) < 4.78 is 19.8. The van der Waals surface area contributed by atoms with E-state index in [0.717, 1.165) is 0 Å². The Bertz CT molecular complexity index is 1270. The molecule has 0 spiro atoms. The van der Waals surface area contributed by atoms with Gasteiger partial charge in [0.2, 0.25) is 5.88 Å². The van der Waals surface area contributed by atoms with Crippen molar-refractivity contribution in [2.75, 3.05) is 20.9 Å². The van der Waals surface area contributed by atoms with Crippen LogP contribution in [0.3, 0.4) is 0 Å². The maximum atomic E-state index is 14.6. The molecule has 0 radical (unpaired) electrons. The number of carbonyl (C=O) groups is 2. The molecule has 0 saturated carbocycles. The number of nitrogens with zero attached hydrogens (tertiary/aromatic N) is 4. The fourth-order valence-electron chi connectivity index (χ4n) is 3.37. The summed E-state index contributed by atoms with van der Waals surface area (Å²) in [7, 11) is 0. The van der Waals surface area contributed by atoms with Crippen LogP contribution in [0.1, 0.15) is 43.4 Å². The standard InChI is InChI=1S/C22H25FN8O3/c1-11-5-13(23)14(26-20(32)28-18-7-16(30-34-18)22(2,3)4)6-15(11)31-10-12-9-25-17(8-24)27-19(12)29-21(31)33/h5-7,9H,8,10,24H2,1-4H3,(H2,26,28,32)(H,25,27,29,33). The molecule has 34 heavy (non-hydrogen) atoms. The molecule has 0 aliphatic carbocycles. The van der Waals surface area contributed by atoms with Crippen molar-refractivity contribution in [2.45, 2.75) is 46.2 Å². The number of hydrogen-bond acceptors (Lipinski definition) is 7. The lowest BCUT2D eigenvalue weighted by Gasteiger charge is -2.30. The van der Waals surface area contributed by atoms with Crippen molar-refractivity contribution in [1.29, 1.82) is 0 Å². The highest BCUT2D eigenvalue weighted by molar-refractivity contribution is 6.05. The van der Waals surface area contributed by atoms with Gasteiger partial charge in [-0.1, -0.05) is 25.9 Å². The number of halogens is 1. The van der Waals surface area contributed by atoms with Crippen molar-refractivity contribution in [2.24, 2.45) is 5.73 Å². The number of rotatable bonds is 4. The van der Waals surface area contributed by atoms with E-state index >= 15 is 0 Å². The molecule has 3 heterocycles. The fraction of sp³-hybridized carbons (Fsp3) is 0.318. The number of hydrogen-bond donors (Lipinski definition) is 4. The lowest BCUT2D eigenvalue weighted by molar-refractivity contribution is 0.255. The molecule has 1 aromatic carbocycles. The molecule has 0 atom stereocenters. The summed E-state index contributed by atoms with van der Waals surface area (Å²) in [4.78, 5) is 35.0. The van der Waals surface area contributed by atoms with Crippen LogP contribution in [-0.4, -0.2) is 27.2 Å². The predicted molar refractivity (Wildman–Crippen MR) is 124 cm³/mol. The quantitative estimate of drug-likeness (QED) is 0.454. The first-order valence-corrected chi connectivity index (χ1v) is 10.5. The van der Waals surface area contributed by atoms with E-state index in [2.05, 4.69) is 31.1 Å². The van der Waals surface area contributed by atoms with E-state index in [1.807, 2.05) is 20.8 Å². The maximum Gasteiger partial charge on any atom is 0.327 e. The monoisotopic (exact) mass is 468 g/mol. The second-order valence-corrected chi connectivity index (χ2v) is 8.90. The smallest absolute Gasteiger partial charge is 0.327 e. The minimum absolute atomic E-state index is 0.109. The van der Waals surface area contributed by atoms with Gasteiger partial charge in [0.25, 0.3) is 0 Å². The topological polar surface area (TPSA) is 151 Å². The van der Waals surface area contributed by atoms with E-state index in [0.29, 0.717) is 34.2 Å². The van der Waals surface area contributed by atoms with Crippen LogP contribution in [0.15, 0.2) is 28.9 Å². The summed E-state index contributed by atoms with van der Waals surface area (Å²) in [6, 6.07) is 3.07. The number of nitrogens with two attached hydrogens (primary N) is 1. The van der Waals surface area contributed by atoms with E-state index < -0.39 is 17.9 Å². The summed E-state index contributed by atoms with van der Waals surface area (Å²) >= 11 is 0. The molecule has 1 aliphatic heterocycles. The lowest BCUT2D eigenvalue weighted by Crippen LogP contribution is -2.40. The summed E-state index contributed by atoms with van der Waals surface area (Å²) in [6.45, 7) is 7.84. The van der Waals surface area contributed by atoms with E-state index in [1.165, 1.54) is 17.0 Å². The zero-order chi connectivity index (χ0) is 24.6. The van der Waals surface area contributed by atoms with Crippen LogP contribution in [-0.2, 0) is 18.5 Å². The molecule has 0 unspecified atom stereocenters. The van der Waals surface area contributed by atoms with Crippen LogP contribution in [0.4, 0.5) is 37.1 Å².